The van der Waals surface area contributed by atoms with Crippen LogP contribution in [0.4, 0.5) is 17.1 Å². The monoisotopic (exact) mass is 365 g/mol. The van der Waals surface area contributed by atoms with Gasteiger partial charge in [-0.1, -0.05) is 51.3 Å². The second-order valence-electron chi connectivity index (χ2n) is 5.94. The molecule has 116 valence electrons. The maximum absolute atomic E-state index is 3.52. The molecule has 0 aliphatic carbocycles. The molecule has 3 aromatic rings. The first-order chi connectivity index (χ1) is 11.0. The number of benzene rings is 3. The van der Waals surface area contributed by atoms with Crippen molar-refractivity contribution < 1.29 is 0 Å². The SMILES string of the molecule is Cc1ccc(N(c2ccc(Br)cc2)c2ccc(C)cc2C)cc1. The van der Waals surface area contributed by atoms with Crippen LogP contribution in [-0.4, -0.2) is 0 Å². The number of halogens is 1. The molecule has 0 aliphatic heterocycles. The molecule has 0 bridgehead atoms. The van der Waals surface area contributed by atoms with Crippen LogP contribution in [0.2, 0.25) is 0 Å². The highest BCUT2D eigenvalue weighted by Crippen LogP contribution is 2.37. The van der Waals surface area contributed by atoms with E-state index >= 15 is 0 Å². The van der Waals surface area contributed by atoms with Gasteiger partial charge in [0.2, 0.25) is 0 Å². The highest BCUT2D eigenvalue weighted by atomic mass is 79.9. The second kappa shape index (κ2) is 6.59. The van der Waals surface area contributed by atoms with Crippen molar-refractivity contribution in [2.45, 2.75) is 20.8 Å². The van der Waals surface area contributed by atoms with Gasteiger partial charge in [0.25, 0.3) is 0 Å². The van der Waals surface area contributed by atoms with Crippen molar-refractivity contribution in [3.63, 3.8) is 0 Å². The van der Waals surface area contributed by atoms with Crippen LogP contribution in [0.1, 0.15) is 16.7 Å². The minimum atomic E-state index is 1.09. The molecule has 0 amide bonds. The van der Waals surface area contributed by atoms with Crippen LogP contribution >= 0.6 is 15.9 Å². The van der Waals surface area contributed by atoms with Gasteiger partial charge in [0, 0.05) is 21.5 Å². The zero-order valence-electron chi connectivity index (χ0n) is 13.7. The minimum absolute atomic E-state index is 1.09. The Hall–Kier alpha value is -2.06. The zero-order valence-corrected chi connectivity index (χ0v) is 15.3. The topological polar surface area (TPSA) is 3.24 Å². The summed E-state index contributed by atoms with van der Waals surface area (Å²) in [7, 11) is 0. The van der Waals surface area contributed by atoms with Crippen LogP contribution in [-0.2, 0) is 0 Å². The molecule has 0 saturated heterocycles. The summed E-state index contributed by atoms with van der Waals surface area (Å²) in [5.41, 5.74) is 7.36. The molecule has 2 heteroatoms. The van der Waals surface area contributed by atoms with Crippen LogP contribution in [0.25, 0.3) is 0 Å². The summed E-state index contributed by atoms with van der Waals surface area (Å²) in [5, 5.41) is 0. The van der Waals surface area contributed by atoms with Crippen LogP contribution < -0.4 is 4.90 Å². The smallest absolute Gasteiger partial charge is 0.0490 e. The number of aryl methyl sites for hydroxylation is 3. The molecule has 0 spiro atoms. The maximum Gasteiger partial charge on any atom is 0.0490 e. The van der Waals surface area contributed by atoms with Crippen LogP contribution in [0, 0.1) is 20.8 Å². The van der Waals surface area contributed by atoms with Gasteiger partial charge in [-0.05, 0) is 68.8 Å². The third-order valence-corrected chi connectivity index (χ3v) is 4.50. The van der Waals surface area contributed by atoms with Gasteiger partial charge in [0.1, 0.15) is 0 Å². The first-order valence-corrected chi connectivity index (χ1v) is 8.53. The molecular weight excluding hydrogens is 346 g/mol. The summed E-state index contributed by atoms with van der Waals surface area (Å²) < 4.78 is 1.09. The lowest BCUT2D eigenvalue weighted by atomic mass is 10.1. The summed E-state index contributed by atoms with van der Waals surface area (Å²) in [6.45, 7) is 6.42. The van der Waals surface area contributed by atoms with Gasteiger partial charge in [-0.15, -0.1) is 0 Å². The van der Waals surface area contributed by atoms with Crippen molar-refractivity contribution in [1.82, 2.24) is 0 Å². The lowest BCUT2D eigenvalue weighted by Gasteiger charge is -2.27. The normalized spacial score (nSPS) is 10.6. The molecule has 0 heterocycles. The van der Waals surface area contributed by atoms with E-state index in [1.807, 2.05) is 0 Å². The second-order valence-corrected chi connectivity index (χ2v) is 6.85. The molecule has 0 unspecified atom stereocenters. The van der Waals surface area contributed by atoms with E-state index in [-0.39, 0.29) is 0 Å². The van der Waals surface area contributed by atoms with Crippen molar-refractivity contribution in [1.29, 1.82) is 0 Å². The fourth-order valence-corrected chi connectivity index (χ4v) is 3.03. The van der Waals surface area contributed by atoms with Crippen molar-refractivity contribution in [2.24, 2.45) is 0 Å². The van der Waals surface area contributed by atoms with Crippen LogP contribution in [0.5, 0.6) is 0 Å². The van der Waals surface area contributed by atoms with Crippen molar-refractivity contribution >= 4 is 33.0 Å². The molecule has 0 saturated carbocycles. The zero-order chi connectivity index (χ0) is 16.4. The molecule has 3 aromatic carbocycles. The quantitative estimate of drug-likeness (QED) is 0.490. The van der Waals surface area contributed by atoms with Crippen LogP contribution in [0.15, 0.2) is 71.2 Å². The molecule has 0 N–H and O–H groups in total. The van der Waals surface area contributed by atoms with Gasteiger partial charge in [-0.3, -0.25) is 0 Å². The summed E-state index contributed by atoms with van der Waals surface area (Å²) >= 11 is 3.52. The van der Waals surface area contributed by atoms with E-state index < -0.39 is 0 Å². The maximum atomic E-state index is 3.52. The molecule has 23 heavy (non-hydrogen) atoms. The molecule has 0 radical (unpaired) electrons. The summed E-state index contributed by atoms with van der Waals surface area (Å²) in [6.07, 6.45) is 0. The summed E-state index contributed by atoms with van der Waals surface area (Å²) in [6, 6.07) is 23.7. The largest absolute Gasteiger partial charge is 0.310 e. The van der Waals surface area contributed by atoms with E-state index in [2.05, 4.69) is 108 Å². The number of hydrogen-bond acceptors (Lipinski definition) is 1. The Bertz CT molecular complexity index is 759. The Labute approximate surface area is 146 Å². The molecular formula is C21H20BrN. The Morgan fingerprint density at radius 2 is 1.17 bits per heavy atom. The predicted molar refractivity (Wildman–Crippen MR) is 103 cm³/mol. The molecule has 3 rings (SSSR count). The molecule has 0 atom stereocenters. The third-order valence-electron chi connectivity index (χ3n) is 3.97. The fourth-order valence-electron chi connectivity index (χ4n) is 2.77. The Morgan fingerprint density at radius 3 is 1.74 bits per heavy atom. The Morgan fingerprint density at radius 1 is 0.652 bits per heavy atom. The number of rotatable bonds is 3. The van der Waals surface area contributed by atoms with E-state index in [4.69, 9.17) is 0 Å². The van der Waals surface area contributed by atoms with Gasteiger partial charge < -0.3 is 4.90 Å². The minimum Gasteiger partial charge on any atom is -0.310 e. The van der Waals surface area contributed by atoms with E-state index in [1.165, 1.54) is 28.1 Å². The third kappa shape index (κ3) is 3.48. The fraction of sp³-hybridized carbons (Fsp3) is 0.143. The first kappa shape index (κ1) is 15.8. The highest BCUT2D eigenvalue weighted by Gasteiger charge is 2.14. The predicted octanol–water partition coefficient (Wildman–Crippen LogP) is 6.84. The Kier molecular flexibility index (Phi) is 4.53. The van der Waals surface area contributed by atoms with Crippen molar-refractivity contribution in [2.75, 3.05) is 4.90 Å². The lowest BCUT2D eigenvalue weighted by Crippen LogP contribution is -2.11. The number of nitrogens with zero attached hydrogens (tertiary/aromatic N) is 1. The van der Waals surface area contributed by atoms with Gasteiger partial charge in [0.05, 0.1) is 0 Å². The van der Waals surface area contributed by atoms with Crippen molar-refractivity contribution in [3.8, 4) is 0 Å². The molecule has 0 fully saturated rings. The van der Waals surface area contributed by atoms with Gasteiger partial charge >= 0.3 is 0 Å². The summed E-state index contributed by atoms with van der Waals surface area (Å²) in [5.74, 6) is 0. The van der Waals surface area contributed by atoms with Gasteiger partial charge in [-0.25, -0.2) is 0 Å². The Balaban J connectivity index is 2.16. The molecule has 1 nitrogen and oxygen atoms in total. The van der Waals surface area contributed by atoms with Crippen LogP contribution in [0.3, 0.4) is 0 Å². The lowest BCUT2D eigenvalue weighted by molar-refractivity contribution is 1.23. The standard InChI is InChI=1S/C21H20BrN/c1-15-4-9-19(10-5-15)23(20-11-7-18(22)8-12-20)21-13-6-16(2)14-17(21)3/h4-14H,1-3H3. The van der Waals surface area contributed by atoms with Gasteiger partial charge in [-0.2, -0.15) is 0 Å². The number of hydrogen-bond donors (Lipinski definition) is 0. The highest BCUT2D eigenvalue weighted by molar-refractivity contribution is 9.10. The molecule has 0 aliphatic rings. The van der Waals surface area contributed by atoms with E-state index in [1.54, 1.807) is 0 Å². The molecule has 0 aromatic heterocycles. The van der Waals surface area contributed by atoms with Crippen molar-refractivity contribution in [3.05, 3.63) is 87.9 Å². The number of anilines is 3. The van der Waals surface area contributed by atoms with Gasteiger partial charge in [0.15, 0.2) is 0 Å². The summed E-state index contributed by atoms with van der Waals surface area (Å²) in [4.78, 5) is 2.31. The average Bonchev–Trinajstić information content (AvgIpc) is 2.53. The van der Waals surface area contributed by atoms with E-state index in [0.717, 1.165) is 10.2 Å². The van der Waals surface area contributed by atoms with E-state index in [0.29, 0.717) is 0 Å². The first-order valence-electron chi connectivity index (χ1n) is 7.74. The van der Waals surface area contributed by atoms with E-state index in [9.17, 15) is 0 Å². The average molecular weight is 366 g/mol.